The van der Waals surface area contributed by atoms with Gasteiger partial charge in [0.2, 0.25) is 0 Å². The third-order valence-corrected chi connectivity index (χ3v) is 6.07. The highest BCUT2D eigenvalue weighted by Gasteiger charge is 2.14. The molecule has 0 amide bonds. The second-order valence-corrected chi connectivity index (χ2v) is 7.78. The van der Waals surface area contributed by atoms with Crippen LogP contribution in [0.5, 0.6) is 0 Å². The number of hydrogen-bond donors (Lipinski definition) is 0. The molecule has 2 aromatic carbocycles. The Kier molecular flexibility index (Phi) is 4.24. The van der Waals surface area contributed by atoms with Crippen LogP contribution in [0.3, 0.4) is 0 Å². The number of alkyl halides is 1. The fraction of sp³-hybridized carbons (Fsp3) is 0.188. The van der Waals surface area contributed by atoms with E-state index in [9.17, 15) is 0 Å². The number of benzene rings is 2. The van der Waals surface area contributed by atoms with Crippen molar-refractivity contribution in [2.24, 2.45) is 0 Å². The third kappa shape index (κ3) is 2.83. The monoisotopic (exact) mass is 409 g/mol. The molecule has 0 saturated heterocycles. The normalized spacial score (nSPS) is 12.8. The van der Waals surface area contributed by atoms with Crippen molar-refractivity contribution in [3.63, 3.8) is 0 Å². The molecule has 0 N–H and O–H groups in total. The molecule has 4 heteroatoms. The second-order valence-electron chi connectivity index (χ2n) is 4.70. The summed E-state index contributed by atoms with van der Waals surface area (Å²) in [7, 11) is 0. The maximum Gasteiger partial charge on any atom is 0.0953 e. The van der Waals surface area contributed by atoms with E-state index in [0.717, 1.165) is 16.4 Å². The minimum atomic E-state index is 0.292. The van der Waals surface area contributed by atoms with Gasteiger partial charge in [0, 0.05) is 15.7 Å². The van der Waals surface area contributed by atoms with Crippen molar-refractivity contribution in [2.45, 2.75) is 18.2 Å². The topological polar surface area (TPSA) is 12.9 Å². The lowest BCUT2D eigenvalue weighted by molar-refractivity contribution is 0.927. The Morgan fingerprint density at radius 1 is 1.15 bits per heavy atom. The van der Waals surface area contributed by atoms with Crippen LogP contribution in [-0.2, 0) is 6.42 Å². The van der Waals surface area contributed by atoms with E-state index < -0.39 is 0 Å². The molecule has 3 rings (SSSR count). The van der Waals surface area contributed by atoms with E-state index >= 15 is 0 Å². The number of aromatic nitrogens is 1. The van der Waals surface area contributed by atoms with Crippen molar-refractivity contribution in [3.8, 4) is 0 Å². The second kappa shape index (κ2) is 5.96. The van der Waals surface area contributed by atoms with Crippen molar-refractivity contribution in [2.75, 3.05) is 0 Å². The lowest BCUT2D eigenvalue weighted by atomic mass is 10.0. The molecule has 1 unspecified atom stereocenters. The summed E-state index contributed by atoms with van der Waals surface area (Å²) in [5.41, 5.74) is 3.70. The van der Waals surface area contributed by atoms with Crippen LogP contribution in [0.25, 0.3) is 10.2 Å². The fourth-order valence-electron chi connectivity index (χ4n) is 2.23. The number of nitrogens with zero attached hydrogens (tertiary/aromatic N) is 1. The standard InChI is InChI=1S/C16H13Br2NS/c1-10-11(5-4-6-12(10)17)13(18)9-16-19-14-7-2-3-8-15(14)20-16/h2-8,13H,9H2,1H3. The van der Waals surface area contributed by atoms with Crippen molar-refractivity contribution in [1.29, 1.82) is 0 Å². The van der Waals surface area contributed by atoms with Gasteiger partial charge in [-0.25, -0.2) is 4.98 Å². The molecular formula is C16H13Br2NS. The van der Waals surface area contributed by atoms with E-state index in [1.165, 1.54) is 20.8 Å². The fourth-order valence-corrected chi connectivity index (χ4v) is 4.65. The van der Waals surface area contributed by atoms with Gasteiger partial charge in [-0.3, -0.25) is 0 Å². The molecule has 3 aromatic rings. The van der Waals surface area contributed by atoms with Gasteiger partial charge in [0.25, 0.3) is 0 Å². The largest absolute Gasteiger partial charge is 0.241 e. The first-order valence-corrected chi connectivity index (χ1v) is 8.91. The summed E-state index contributed by atoms with van der Waals surface area (Å²) in [4.78, 5) is 5.00. The summed E-state index contributed by atoms with van der Waals surface area (Å²) in [6.45, 7) is 2.14. The Balaban J connectivity index is 1.88. The molecule has 1 atom stereocenters. The van der Waals surface area contributed by atoms with E-state index in [0.29, 0.717) is 4.83 Å². The summed E-state index contributed by atoms with van der Waals surface area (Å²) in [5.74, 6) is 0. The highest BCUT2D eigenvalue weighted by Crippen LogP contribution is 2.34. The first-order valence-electron chi connectivity index (χ1n) is 6.38. The number of halogens is 2. The van der Waals surface area contributed by atoms with Gasteiger partial charge in [-0.1, -0.05) is 56.1 Å². The van der Waals surface area contributed by atoms with Crippen LogP contribution in [0.15, 0.2) is 46.9 Å². The van der Waals surface area contributed by atoms with Crippen LogP contribution >= 0.6 is 43.2 Å². The zero-order valence-electron chi connectivity index (χ0n) is 10.9. The number of rotatable bonds is 3. The maximum atomic E-state index is 4.71. The maximum absolute atomic E-state index is 4.71. The molecule has 1 aromatic heterocycles. The summed E-state index contributed by atoms with van der Waals surface area (Å²) >= 11 is 9.18. The Labute approximate surface area is 139 Å². The molecule has 1 nitrogen and oxygen atoms in total. The van der Waals surface area contributed by atoms with Crippen molar-refractivity contribution < 1.29 is 0 Å². The van der Waals surface area contributed by atoms with Crippen molar-refractivity contribution in [3.05, 3.63) is 63.1 Å². The van der Waals surface area contributed by atoms with E-state index in [1.54, 1.807) is 11.3 Å². The van der Waals surface area contributed by atoms with Gasteiger partial charge >= 0.3 is 0 Å². The number of hydrogen-bond acceptors (Lipinski definition) is 2. The first kappa shape index (κ1) is 14.2. The molecule has 0 aliphatic carbocycles. The average molecular weight is 411 g/mol. The molecule has 1 heterocycles. The highest BCUT2D eigenvalue weighted by molar-refractivity contribution is 9.10. The summed E-state index contributed by atoms with van der Waals surface area (Å²) < 4.78 is 2.41. The molecule has 0 spiro atoms. The Bertz CT molecular complexity index is 718. The van der Waals surface area contributed by atoms with Crippen molar-refractivity contribution in [1.82, 2.24) is 4.98 Å². The molecule has 0 bridgehead atoms. The summed E-state index contributed by atoms with van der Waals surface area (Å²) in [6.07, 6.45) is 0.913. The predicted molar refractivity (Wildman–Crippen MR) is 93.9 cm³/mol. The van der Waals surface area contributed by atoms with E-state index in [2.05, 4.69) is 75.2 Å². The highest BCUT2D eigenvalue weighted by atomic mass is 79.9. The Hall–Kier alpha value is -0.710. The SMILES string of the molecule is Cc1c(Br)cccc1C(Br)Cc1nc2ccccc2s1. The van der Waals surface area contributed by atoms with Crippen LogP contribution in [-0.4, -0.2) is 4.98 Å². The summed E-state index contributed by atoms with van der Waals surface area (Å²) in [6, 6.07) is 14.6. The van der Waals surface area contributed by atoms with Crippen LogP contribution in [0.1, 0.15) is 21.0 Å². The first-order chi connectivity index (χ1) is 9.65. The van der Waals surface area contributed by atoms with Crippen LogP contribution in [0, 0.1) is 6.92 Å². The molecule has 0 saturated carbocycles. The van der Waals surface area contributed by atoms with Gasteiger partial charge in [-0.05, 0) is 36.2 Å². The molecule has 102 valence electrons. The molecule has 0 aliphatic rings. The van der Waals surface area contributed by atoms with Gasteiger partial charge < -0.3 is 0 Å². The zero-order chi connectivity index (χ0) is 14.1. The zero-order valence-corrected chi connectivity index (χ0v) is 14.9. The van der Waals surface area contributed by atoms with Gasteiger partial charge in [0.05, 0.1) is 15.2 Å². The third-order valence-electron chi connectivity index (χ3n) is 3.34. The average Bonchev–Trinajstić information content (AvgIpc) is 2.83. The van der Waals surface area contributed by atoms with Crippen LogP contribution in [0.2, 0.25) is 0 Å². The Morgan fingerprint density at radius 3 is 2.75 bits per heavy atom. The minimum absolute atomic E-state index is 0.292. The van der Waals surface area contributed by atoms with Crippen molar-refractivity contribution >= 4 is 53.4 Å². The molecule has 0 radical (unpaired) electrons. The predicted octanol–water partition coefficient (Wildman–Crippen LogP) is 6.05. The minimum Gasteiger partial charge on any atom is -0.241 e. The van der Waals surface area contributed by atoms with E-state index in [-0.39, 0.29) is 0 Å². The quantitative estimate of drug-likeness (QED) is 0.479. The van der Waals surface area contributed by atoms with E-state index in [4.69, 9.17) is 4.98 Å². The van der Waals surface area contributed by atoms with Gasteiger partial charge in [0.1, 0.15) is 0 Å². The van der Waals surface area contributed by atoms with E-state index in [1.807, 2.05) is 6.07 Å². The van der Waals surface area contributed by atoms with Gasteiger partial charge in [-0.15, -0.1) is 11.3 Å². The molecule has 20 heavy (non-hydrogen) atoms. The summed E-state index contributed by atoms with van der Waals surface area (Å²) in [5, 5.41) is 1.17. The van der Waals surface area contributed by atoms with Gasteiger partial charge in [-0.2, -0.15) is 0 Å². The molecule has 0 aliphatic heterocycles. The molecule has 0 fully saturated rings. The lowest BCUT2D eigenvalue weighted by Crippen LogP contribution is -1.98. The molecular weight excluding hydrogens is 398 g/mol. The number of fused-ring (bicyclic) bond motifs is 1. The smallest absolute Gasteiger partial charge is 0.0953 e. The van der Waals surface area contributed by atoms with Crippen LogP contribution in [0.4, 0.5) is 0 Å². The Morgan fingerprint density at radius 2 is 1.95 bits per heavy atom. The van der Waals surface area contributed by atoms with Gasteiger partial charge in [0.15, 0.2) is 0 Å². The number of thiazole rings is 1. The lowest BCUT2D eigenvalue weighted by Gasteiger charge is -2.12. The van der Waals surface area contributed by atoms with Crippen LogP contribution < -0.4 is 0 Å². The number of para-hydroxylation sites is 1.